The van der Waals surface area contributed by atoms with E-state index in [1.54, 1.807) is 0 Å². The number of nitrogens with one attached hydrogen (secondary N) is 2. The highest BCUT2D eigenvalue weighted by Gasteiger charge is 1.99. The van der Waals surface area contributed by atoms with Gasteiger partial charge in [0.25, 0.3) is 0 Å². The zero-order chi connectivity index (χ0) is 12.3. The molecule has 0 unspecified atom stereocenters. The van der Waals surface area contributed by atoms with E-state index in [1.165, 1.54) is 16.7 Å². The molecule has 2 N–H and O–H groups in total. The van der Waals surface area contributed by atoms with E-state index in [0.29, 0.717) is 0 Å². The third kappa shape index (κ3) is 2.78. The average molecular weight is 226 g/mol. The topological polar surface area (TPSA) is 24.1 Å². The van der Waals surface area contributed by atoms with Crippen LogP contribution in [-0.4, -0.2) is 0 Å². The Kier molecular flexibility index (Phi) is 3.33. The van der Waals surface area contributed by atoms with Crippen LogP contribution < -0.4 is 10.9 Å². The average Bonchev–Trinajstić information content (AvgIpc) is 2.32. The maximum atomic E-state index is 3.26. The number of rotatable bonds is 3. The molecule has 0 heterocycles. The first-order valence-corrected chi connectivity index (χ1v) is 5.82. The molecule has 0 saturated carbocycles. The van der Waals surface area contributed by atoms with Gasteiger partial charge in [0, 0.05) is 0 Å². The van der Waals surface area contributed by atoms with Crippen molar-refractivity contribution < 1.29 is 0 Å². The SMILES string of the molecule is Cc1ccc(C)c(NNc2ccccc2C)c1. The minimum Gasteiger partial charge on any atom is -0.301 e. The number of para-hydroxylation sites is 1. The molecule has 2 aromatic rings. The molecule has 0 aliphatic heterocycles. The second-order valence-corrected chi connectivity index (χ2v) is 4.38. The van der Waals surface area contributed by atoms with Crippen molar-refractivity contribution in [2.45, 2.75) is 20.8 Å². The quantitative estimate of drug-likeness (QED) is 0.771. The largest absolute Gasteiger partial charge is 0.301 e. The van der Waals surface area contributed by atoms with Gasteiger partial charge in [-0.2, -0.15) is 0 Å². The maximum absolute atomic E-state index is 3.26. The molecule has 0 saturated heterocycles. The lowest BCUT2D eigenvalue weighted by Crippen LogP contribution is -2.10. The van der Waals surface area contributed by atoms with E-state index in [0.717, 1.165) is 11.4 Å². The first-order chi connectivity index (χ1) is 8.16. The van der Waals surface area contributed by atoms with Gasteiger partial charge in [-0.05, 0) is 49.6 Å². The lowest BCUT2D eigenvalue weighted by Gasteiger charge is -2.14. The van der Waals surface area contributed by atoms with Crippen LogP contribution in [0.5, 0.6) is 0 Å². The molecular formula is C15H18N2. The Morgan fingerprint density at radius 2 is 1.35 bits per heavy atom. The molecule has 17 heavy (non-hydrogen) atoms. The van der Waals surface area contributed by atoms with Crippen LogP contribution >= 0.6 is 0 Å². The first-order valence-electron chi connectivity index (χ1n) is 5.82. The maximum Gasteiger partial charge on any atom is 0.0571 e. The molecule has 2 aromatic carbocycles. The summed E-state index contributed by atoms with van der Waals surface area (Å²) in [4.78, 5) is 0. The summed E-state index contributed by atoms with van der Waals surface area (Å²) < 4.78 is 0. The molecule has 2 nitrogen and oxygen atoms in total. The Balaban J connectivity index is 2.12. The summed E-state index contributed by atoms with van der Waals surface area (Å²) in [5, 5.41) is 0. The molecule has 0 bridgehead atoms. The van der Waals surface area contributed by atoms with Gasteiger partial charge in [-0.3, -0.25) is 0 Å². The zero-order valence-corrected chi connectivity index (χ0v) is 10.5. The highest BCUT2D eigenvalue weighted by atomic mass is 15.4. The Morgan fingerprint density at radius 1 is 0.706 bits per heavy atom. The highest BCUT2D eigenvalue weighted by Crippen LogP contribution is 2.18. The molecule has 0 radical (unpaired) electrons. The first kappa shape index (κ1) is 11.5. The summed E-state index contributed by atoms with van der Waals surface area (Å²) >= 11 is 0. The Hall–Kier alpha value is -1.96. The summed E-state index contributed by atoms with van der Waals surface area (Å²) in [7, 11) is 0. The Labute approximate surface area is 103 Å². The summed E-state index contributed by atoms with van der Waals surface area (Å²) in [5.74, 6) is 0. The molecule has 0 aliphatic rings. The van der Waals surface area contributed by atoms with Crippen LogP contribution in [-0.2, 0) is 0 Å². The molecule has 0 fully saturated rings. The Morgan fingerprint density at radius 3 is 2.12 bits per heavy atom. The number of benzene rings is 2. The molecule has 88 valence electrons. The summed E-state index contributed by atoms with van der Waals surface area (Å²) in [6, 6.07) is 14.6. The fourth-order valence-electron chi connectivity index (χ4n) is 1.72. The van der Waals surface area contributed by atoms with Crippen molar-refractivity contribution in [2.75, 3.05) is 10.9 Å². The number of aryl methyl sites for hydroxylation is 3. The van der Waals surface area contributed by atoms with Crippen LogP contribution in [0.4, 0.5) is 11.4 Å². The molecular weight excluding hydrogens is 208 g/mol. The van der Waals surface area contributed by atoms with Crippen LogP contribution in [0.25, 0.3) is 0 Å². The van der Waals surface area contributed by atoms with Crippen LogP contribution in [0.15, 0.2) is 42.5 Å². The number of anilines is 2. The van der Waals surface area contributed by atoms with Gasteiger partial charge >= 0.3 is 0 Å². The van der Waals surface area contributed by atoms with Gasteiger partial charge in [0.15, 0.2) is 0 Å². The van der Waals surface area contributed by atoms with Gasteiger partial charge in [0.1, 0.15) is 0 Å². The standard InChI is InChI=1S/C15H18N2/c1-11-8-9-13(3)15(10-11)17-16-14-7-5-4-6-12(14)2/h4-10,16-17H,1-3H3. The lowest BCUT2D eigenvalue weighted by molar-refractivity contribution is 1.31. The number of hydrazine groups is 1. The lowest BCUT2D eigenvalue weighted by atomic mass is 10.1. The molecule has 2 rings (SSSR count). The van der Waals surface area contributed by atoms with E-state index in [1.807, 2.05) is 12.1 Å². The van der Waals surface area contributed by atoms with Crippen LogP contribution in [0.3, 0.4) is 0 Å². The van der Waals surface area contributed by atoms with Crippen molar-refractivity contribution >= 4 is 11.4 Å². The van der Waals surface area contributed by atoms with Gasteiger partial charge in [0.05, 0.1) is 11.4 Å². The van der Waals surface area contributed by atoms with Gasteiger partial charge in [-0.15, -0.1) is 0 Å². The van der Waals surface area contributed by atoms with Gasteiger partial charge in [-0.1, -0.05) is 30.3 Å². The van der Waals surface area contributed by atoms with E-state index in [4.69, 9.17) is 0 Å². The number of hydrogen-bond acceptors (Lipinski definition) is 2. The van der Waals surface area contributed by atoms with Crippen molar-refractivity contribution in [1.82, 2.24) is 0 Å². The Bertz CT molecular complexity index is 518. The van der Waals surface area contributed by atoms with Crippen molar-refractivity contribution in [3.05, 3.63) is 59.2 Å². The van der Waals surface area contributed by atoms with Crippen molar-refractivity contribution in [3.63, 3.8) is 0 Å². The van der Waals surface area contributed by atoms with Crippen LogP contribution in [0.2, 0.25) is 0 Å². The van der Waals surface area contributed by atoms with E-state index in [-0.39, 0.29) is 0 Å². The van der Waals surface area contributed by atoms with Crippen LogP contribution in [0.1, 0.15) is 16.7 Å². The smallest absolute Gasteiger partial charge is 0.0571 e. The summed E-state index contributed by atoms with van der Waals surface area (Å²) in [5.41, 5.74) is 12.4. The summed E-state index contributed by atoms with van der Waals surface area (Å²) in [6.07, 6.45) is 0. The number of hydrogen-bond donors (Lipinski definition) is 2. The molecule has 0 atom stereocenters. The van der Waals surface area contributed by atoms with Gasteiger partial charge in [-0.25, -0.2) is 0 Å². The fraction of sp³-hybridized carbons (Fsp3) is 0.200. The van der Waals surface area contributed by atoms with Crippen molar-refractivity contribution in [1.29, 1.82) is 0 Å². The fourth-order valence-corrected chi connectivity index (χ4v) is 1.72. The van der Waals surface area contributed by atoms with E-state index >= 15 is 0 Å². The highest BCUT2D eigenvalue weighted by molar-refractivity contribution is 5.59. The minimum atomic E-state index is 1.11. The van der Waals surface area contributed by atoms with Crippen molar-refractivity contribution in [2.24, 2.45) is 0 Å². The van der Waals surface area contributed by atoms with E-state index in [9.17, 15) is 0 Å². The normalized spacial score (nSPS) is 10.1. The second-order valence-electron chi connectivity index (χ2n) is 4.38. The van der Waals surface area contributed by atoms with Crippen molar-refractivity contribution in [3.8, 4) is 0 Å². The predicted octanol–water partition coefficient (Wildman–Crippen LogP) is 4.05. The van der Waals surface area contributed by atoms with E-state index in [2.05, 4.69) is 62.0 Å². The molecule has 0 aliphatic carbocycles. The van der Waals surface area contributed by atoms with Gasteiger partial charge < -0.3 is 10.9 Å². The van der Waals surface area contributed by atoms with E-state index < -0.39 is 0 Å². The monoisotopic (exact) mass is 226 g/mol. The van der Waals surface area contributed by atoms with Crippen LogP contribution in [0, 0.1) is 20.8 Å². The molecule has 0 aromatic heterocycles. The zero-order valence-electron chi connectivity index (χ0n) is 10.5. The molecule has 0 spiro atoms. The molecule has 0 amide bonds. The van der Waals surface area contributed by atoms with Gasteiger partial charge in [0.2, 0.25) is 0 Å². The summed E-state index contributed by atoms with van der Waals surface area (Å²) in [6.45, 7) is 6.28. The minimum absolute atomic E-state index is 1.11. The third-order valence-corrected chi connectivity index (χ3v) is 2.87. The predicted molar refractivity (Wildman–Crippen MR) is 74.3 cm³/mol. The second kappa shape index (κ2) is 4.91. The molecule has 2 heteroatoms. The third-order valence-electron chi connectivity index (χ3n) is 2.87.